The van der Waals surface area contributed by atoms with Gasteiger partial charge in [-0.1, -0.05) is 11.6 Å². The average molecular weight is 424 g/mol. The van der Waals surface area contributed by atoms with E-state index in [0.717, 1.165) is 29.6 Å². The molecule has 1 unspecified atom stereocenters. The van der Waals surface area contributed by atoms with E-state index in [1.165, 1.54) is 0 Å². The summed E-state index contributed by atoms with van der Waals surface area (Å²) in [4.78, 5) is 33.5. The molecule has 2 fully saturated rings. The zero-order chi connectivity index (χ0) is 20.7. The highest BCUT2D eigenvalue weighted by molar-refractivity contribution is 6.30. The summed E-state index contributed by atoms with van der Waals surface area (Å²) >= 11 is 6.01. The molecule has 5 rings (SSSR count). The van der Waals surface area contributed by atoms with Gasteiger partial charge in [-0.05, 0) is 55.3 Å². The van der Waals surface area contributed by atoms with Gasteiger partial charge in [0.05, 0.1) is 17.1 Å². The Bertz CT molecular complexity index is 1110. The van der Waals surface area contributed by atoms with Crippen LogP contribution in [0.15, 0.2) is 48.8 Å². The number of urea groups is 1. The zero-order valence-corrected chi connectivity index (χ0v) is 17.2. The van der Waals surface area contributed by atoms with Crippen molar-refractivity contribution in [2.75, 3.05) is 26.2 Å². The van der Waals surface area contributed by atoms with E-state index < -0.39 is 0 Å². The van der Waals surface area contributed by atoms with Gasteiger partial charge in [0.25, 0.3) is 5.91 Å². The number of carbonyl (C=O) groups is 2. The monoisotopic (exact) mass is 423 g/mol. The van der Waals surface area contributed by atoms with E-state index in [4.69, 9.17) is 11.6 Å². The number of fused-ring (bicyclic) bond motifs is 1. The molecule has 7 nitrogen and oxygen atoms in total. The molecule has 1 aromatic heterocycles. The van der Waals surface area contributed by atoms with Crippen LogP contribution in [0, 0.1) is 0 Å². The first-order chi connectivity index (χ1) is 14.6. The normalized spacial score (nSPS) is 19.4. The first-order valence-corrected chi connectivity index (χ1v) is 10.5. The van der Waals surface area contributed by atoms with Crippen molar-refractivity contribution >= 4 is 34.6 Å². The molecule has 0 radical (unpaired) electrons. The van der Waals surface area contributed by atoms with E-state index in [1.807, 2.05) is 56.8 Å². The molecule has 3 amide bonds. The lowest BCUT2D eigenvalue weighted by Gasteiger charge is -2.37. The minimum atomic E-state index is -0.0254. The molecule has 0 spiro atoms. The van der Waals surface area contributed by atoms with E-state index in [-0.39, 0.29) is 18.0 Å². The second-order valence-electron chi connectivity index (χ2n) is 7.77. The summed E-state index contributed by atoms with van der Waals surface area (Å²) in [6.07, 6.45) is 3.58. The van der Waals surface area contributed by atoms with Crippen LogP contribution in [-0.4, -0.2) is 63.5 Å². The fourth-order valence-electron chi connectivity index (χ4n) is 4.36. The Balaban J connectivity index is 1.41. The van der Waals surface area contributed by atoms with Crippen LogP contribution in [0.4, 0.5) is 4.79 Å². The number of imidazole rings is 1. The number of nitrogens with zero attached hydrogens (tertiary/aromatic N) is 4. The van der Waals surface area contributed by atoms with Gasteiger partial charge in [-0.3, -0.25) is 9.36 Å². The highest BCUT2D eigenvalue weighted by atomic mass is 35.5. The Labute approximate surface area is 179 Å². The lowest BCUT2D eigenvalue weighted by molar-refractivity contribution is 0.0634. The number of hydrogen-bond acceptors (Lipinski definition) is 3. The van der Waals surface area contributed by atoms with Gasteiger partial charge in [0.2, 0.25) is 0 Å². The van der Waals surface area contributed by atoms with Crippen molar-refractivity contribution in [2.45, 2.75) is 18.9 Å². The van der Waals surface area contributed by atoms with E-state index in [9.17, 15) is 9.59 Å². The fraction of sp³-hybridized carbons (Fsp3) is 0.318. The maximum absolute atomic E-state index is 13.3. The molecule has 0 bridgehead atoms. The Hall–Kier alpha value is -3.06. The Morgan fingerprint density at radius 1 is 1.13 bits per heavy atom. The summed E-state index contributed by atoms with van der Waals surface area (Å²) in [7, 11) is 0. The predicted molar refractivity (Wildman–Crippen MR) is 115 cm³/mol. The fourth-order valence-corrected chi connectivity index (χ4v) is 4.49. The number of nitrogens with one attached hydrogen (secondary N) is 1. The molecule has 3 aromatic rings. The summed E-state index contributed by atoms with van der Waals surface area (Å²) in [5, 5.41) is 3.52. The molecule has 2 aliphatic heterocycles. The molecule has 0 aliphatic carbocycles. The first-order valence-electron chi connectivity index (χ1n) is 10.2. The van der Waals surface area contributed by atoms with Gasteiger partial charge in [-0.15, -0.1) is 0 Å². The summed E-state index contributed by atoms with van der Waals surface area (Å²) in [6.45, 7) is 2.66. The average Bonchev–Trinajstić information content (AvgIpc) is 3.39. The van der Waals surface area contributed by atoms with Gasteiger partial charge < -0.3 is 15.1 Å². The smallest absolute Gasteiger partial charge is 0.317 e. The minimum Gasteiger partial charge on any atom is -0.337 e. The summed E-state index contributed by atoms with van der Waals surface area (Å²) in [5.41, 5.74) is 3.26. The third-order valence-corrected chi connectivity index (χ3v) is 6.17. The topological polar surface area (TPSA) is 70.5 Å². The third kappa shape index (κ3) is 3.39. The minimum absolute atomic E-state index is 0.00920. The Kier molecular flexibility index (Phi) is 4.83. The van der Waals surface area contributed by atoms with Gasteiger partial charge in [0.1, 0.15) is 6.33 Å². The summed E-state index contributed by atoms with van der Waals surface area (Å²) in [6, 6.07) is 13.2. The number of hydrogen-bond donors (Lipinski definition) is 1. The van der Waals surface area contributed by atoms with E-state index in [1.54, 1.807) is 6.33 Å². The van der Waals surface area contributed by atoms with Crippen molar-refractivity contribution in [1.29, 1.82) is 0 Å². The second-order valence-corrected chi connectivity index (χ2v) is 8.20. The molecule has 2 aromatic carbocycles. The highest BCUT2D eigenvalue weighted by Gasteiger charge is 2.33. The Morgan fingerprint density at radius 3 is 2.73 bits per heavy atom. The second kappa shape index (κ2) is 7.65. The van der Waals surface area contributed by atoms with Crippen LogP contribution in [0.1, 0.15) is 23.2 Å². The van der Waals surface area contributed by atoms with Gasteiger partial charge >= 0.3 is 6.03 Å². The van der Waals surface area contributed by atoms with Gasteiger partial charge in [-0.2, -0.15) is 0 Å². The lowest BCUT2D eigenvalue weighted by Crippen LogP contribution is -2.50. The maximum atomic E-state index is 13.3. The lowest BCUT2D eigenvalue weighted by atomic mass is 10.0. The van der Waals surface area contributed by atoms with Crippen molar-refractivity contribution in [3.63, 3.8) is 0 Å². The van der Waals surface area contributed by atoms with Crippen molar-refractivity contribution in [1.82, 2.24) is 24.7 Å². The molecule has 1 N–H and O–H groups in total. The van der Waals surface area contributed by atoms with Crippen LogP contribution in [0.25, 0.3) is 16.7 Å². The number of piperidine rings is 1. The molecule has 154 valence electrons. The van der Waals surface area contributed by atoms with E-state index >= 15 is 0 Å². The molecule has 0 saturated carbocycles. The van der Waals surface area contributed by atoms with Crippen LogP contribution < -0.4 is 5.32 Å². The van der Waals surface area contributed by atoms with Crippen LogP contribution in [0.5, 0.6) is 0 Å². The van der Waals surface area contributed by atoms with Crippen molar-refractivity contribution < 1.29 is 9.59 Å². The predicted octanol–water partition coefficient (Wildman–Crippen LogP) is 3.31. The first kappa shape index (κ1) is 18.9. The number of aromatic nitrogens is 2. The molecule has 30 heavy (non-hydrogen) atoms. The molecular weight excluding hydrogens is 402 g/mol. The molecule has 1 atom stereocenters. The number of carbonyl (C=O) groups excluding carboxylic acids is 2. The molecule has 8 heteroatoms. The van der Waals surface area contributed by atoms with Crippen LogP contribution in [-0.2, 0) is 0 Å². The van der Waals surface area contributed by atoms with Crippen molar-refractivity contribution in [3.8, 4) is 5.69 Å². The van der Waals surface area contributed by atoms with Crippen molar-refractivity contribution in [2.24, 2.45) is 0 Å². The summed E-state index contributed by atoms with van der Waals surface area (Å²) in [5.74, 6) is -0.00920. The highest BCUT2D eigenvalue weighted by Crippen LogP contribution is 2.24. The number of likely N-dealkylation sites (tertiary alicyclic amines) is 1. The van der Waals surface area contributed by atoms with Gasteiger partial charge in [0.15, 0.2) is 0 Å². The molecule has 2 saturated heterocycles. The Morgan fingerprint density at radius 2 is 1.97 bits per heavy atom. The van der Waals surface area contributed by atoms with Crippen LogP contribution in [0.3, 0.4) is 0 Å². The SMILES string of the molecule is O=C(c1ccc2ncn(-c3ccc(Cl)cc3)c2c1)N1CCCC(N2CCNC2=O)C1. The largest absolute Gasteiger partial charge is 0.337 e. The number of amides is 3. The molecule has 3 heterocycles. The maximum Gasteiger partial charge on any atom is 0.317 e. The zero-order valence-electron chi connectivity index (χ0n) is 16.4. The standard InChI is InChI=1S/C22H22ClN5O2/c23-16-4-6-17(7-5-16)28-14-25-19-8-3-15(12-20(19)28)21(29)26-10-1-2-18(13-26)27-11-9-24-22(27)30/h3-8,12,14,18H,1-2,9-11,13H2,(H,24,30). The number of halogens is 1. The molecular formula is C22H22ClN5O2. The number of benzene rings is 2. The summed E-state index contributed by atoms with van der Waals surface area (Å²) < 4.78 is 1.95. The van der Waals surface area contributed by atoms with Gasteiger partial charge in [-0.25, -0.2) is 9.78 Å². The van der Waals surface area contributed by atoms with Crippen LogP contribution >= 0.6 is 11.6 Å². The van der Waals surface area contributed by atoms with E-state index in [0.29, 0.717) is 36.8 Å². The molecule has 2 aliphatic rings. The quantitative estimate of drug-likeness (QED) is 0.702. The third-order valence-electron chi connectivity index (χ3n) is 5.91. The van der Waals surface area contributed by atoms with Crippen LogP contribution in [0.2, 0.25) is 5.02 Å². The van der Waals surface area contributed by atoms with Crippen molar-refractivity contribution in [3.05, 3.63) is 59.4 Å². The number of rotatable bonds is 3. The van der Waals surface area contributed by atoms with Gasteiger partial charge in [0, 0.05) is 42.5 Å². The van der Waals surface area contributed by atoms with E-state index in [2.05, 4.69) is 10.3 Å².